The molecule has 28 heavy (non-hydrogen) atoms. The molecule has 6 nitrogen and oxygen atoms in total. The summed E-state index contributed by atoms with van der Waals surface area (Å²) in [5, 5.41) is -0.473. The van der Waals surface area contributed by atoms with E-state index in [2.05, 4.69) is 0 Å². The highest BCUT2D eigenvalue weighted by molar-refractivity contribution is 7.87. The molecule has 0 aromatic heterocycles. The molecule has 0 radical (unpaired) electrons. The van der Waals surface area contributed by atoms with Gasteiger partial charge in [0.05, 0.1) is 10.6 Å². The van der Waals surface area contributed by atoms with Crippen molar-refractivity contribution in [2.45, 2.75) is 12.8 Å². The van der Waals surface area contributed by atoms with Gasteiger partial charge in [-0.3, -0.25) is 4.79 Å². The van der Waals surface area contributed by atoms with Crippen molar-refractivity contribution in [3.8, 4) is 5.75 Å². The lowest BCUT2D eigenvalue weighted by Gasteiger charge is -2.13. The second-order valence-electron chi connectivity index (χ2n) is 5.84. The first-order chi connectivity index (χ1) is 12.9. The van der Waals surface area contributed by atoms with E-state index in [4.69, 9.17) is 16.3 Å². The van der Waals surface area contributed by atoms with Crippen LogP contribution in [0.15, 0.2) is 42.5 Å². The second kappa shape index (κ2) is 8.38. The van der Waals surface area contributed by atoms with Crippen molar-refractivity contribution in [2.24, 2.45) is 0 Å². The number of ether oxygens (including phenoxy) is 1. The number of nitrogens with one attached hydrogen (secondary N) is 1. The maximum atomic E-state index is 12.7. The van der Waals surface area contributed by atoms with Crippen LogP contribution in [0.5, 0.6) is 5.75 Å². The Hall–Kier alpha value is -2.30. The summed E-state index contributed by atoms with van der Waals surface area (Å²) in [4.78, 5) is 12.0. The Kier molecular flexibility index (Phi) is 6.58. The summed E-state index contributed by atoms with van der Waals surface area (Å²) < 4.78 is 69.5. The molecule has 152 valence electrons. The van der Waals surface area contributed by atoms with Crippen LogP contribution in [0, 0.1) is 0 Å². The van der Waals surface area contributed by atoms with E-state index in [1.807, 2.05) is 4.72 Å². The van der Waals surface area contributed by atoms with Crippen molar-refractivity contribution in [1.82, 2.24) is 9.03 Å². The average molecular weight is 437 g/mol. The normalized spacial score (nSPS) is 12.1. The quantitative estimate of drug-likeness (QED) is 0.752. The fourth-order valence-corrected chi connectivity index (χ4v) is 2.81. The van der Waals surface area contributed by atoms with Gasteiger partial charge in [0.25, 0.3) is 5.91 Å². The number of alkyl halides is 3. The molecule has 0 bridgehead atoms. The molecule has 1 N–H and O–H groups in total. The Morgan fingerprint density at radius 2 is 1.75 bits per heavy atom. The van der Waals surface area contributed by atoms with Gasteiger partial charge < -0.3 is 4.74 Å². The first kappa shape index (κ1) is 22.0. The number of halogens is 4. The number of rotatable bonds is 6. The number of carbonyl (C=O) groups excluding carboxylic acids is 1. The minimum absolute atomic E-state index is 0.0135. The highest BCUT2D eigenvalue weighted by Gasteiger charge is 2.33. The van der Waals surface area contributed by atoms with Gasteiger partial charge in [-0.2, -0.15) is 25.9 Å². The molecule has 0 aliphatic carbocycles. The van der Waals surface area contributed by atoms with Gasteiger partial charge in [0.1, 0.15) is 12.4 Å². The Bertz CT molecular complexity index is 961. The third-order valence-electron chi connectivity index (χ3n) is 3.57. The van der Waals surface area contributed by atoms with Crippen molar-refractivity contribution in [1.29, 1.82) is 0 Å². The summed E-state index contributed by atoms with van der Waals surface area (Å²) in [6.07, 6.45) is -4.55. The maximum Gasteiger partial charge on any atom is 0.417 e. The zero-order chi connectivity index (χ0) is 21.1. The van der Waals surface area contributed by atoms with Crippen LogP contribution >= 0.6 is 11.6 Å². The molecule has 2 aromatic rings. The molecule has 0 atom stereocenters. The van der Waals surface area contributed by atoms with Crippen LogP contribution in [0.2, 0.25) is 5.02 Å². The summed E-state index contributed by atoms with van der Waals surface area (Å²) in [5.41, 5.74) is -0.223. The lowest BCUT2D eigenvalue weighted by molar-refractivity contribution is -0.137. The van der Waals surface area contributed by atoms with Crippen molar-refractivity contribution in [3.05, 3.63) is 64.2 Å². The molecule has 0 aliphatic rings. The molecule has 0 aliphatic heterocycles. The summed E-state index contributed by atoms with van der Waals surface area (Å²) in [6, 6.07) is 8.92. The number of hydrogen-bond donors (Lipinski definition) is 1. The maximum absolute atomic E-state index is 12.7. The van der Waals surface area contributed by atoms with Crippen LogP contribution in [-0.4, -0.2) is 32.7 Å². The molecule has 0 spiro atoms. The van der Waals surface area contributed by atoms with Crippen molar-refractivity contribution in [2.75, 3.05) is 14.1 Å². The van der Waals surface area contributed by atoms with E-state index in [0.29, 0.717) is 5.56 Å². The molecular formula is C17H16ClF3N2O4S. The van der Waals surface area contributed by atoms with Gasteiger partial charge in [0.2, 0.25) is 0 Å². The molecule has 0 unspecified atom stereocenters. The standard InChI is InChI=1S/C17H16ClF3N2O4S/c1-23(2)28(25,26)22-16(24)12-5-3-11(4-6-12)10-27-13-7-8-14(15(18)9-13)17(19,20)21/h3-9H,10H2,1-2H3,(H,22,24). The topological polar surface area (TPSA) is 75.7 Å². The first-order valence-electron chi connectivity index (χ1n) is 7.73. The van der Waals surface area contributed by atoms with Crippen LogP contribution in [0.1, 0.15) is 21.5 Å². The number of hydrogen-bond acceptors (Lipinski definition) is 4. The molecule has 1 amide bonds. The van der Waals surface area contributed by atoms with E-state index in [1.165, 1.54) is 38.4 Å². The monoisotopic (exact) mass is 436 g/mol. The van der Waals surface area contributed by atoms with Crippen molar-refractivity contribution >= 4 is 27.7 Å². The van der Waals surface area contributed by atoms with E-state index in [9.17, 15) is 26.4 Å². The third-order valence-corrected chi connectivity index (χ3v) is 5.29. The Morgan fingerprint density at radius 3 is 2.25 bits per heavy atom. The second-order valence-corrected chi connectivity index (χ2v) is 8.14. The van der Waals surface area contributed by atoms with E-state index in [-0.39, 0.29) is 17.9 Å². The highest BCUT2D eigenvalue weighted by atomic mass is 35.5. The summed E-state index contributed by atoms with van der Waals surface area (Å²) in [5.74, 6) is -0.646. The minimum Gasteiger partial charge on any atom is -0.489 e. The van der Waals surface area contributed by atoms with Gasteiger partial charge in [0, 0.05) is 19.7 Å². The largest absolute Gasteiger partial charge is 0.489 e. The van der Waals surface area contributed by atoms with E-state index in [1.54, 1.807) is 0 Å². The zero-order valence-corrected chi connectivity index (χ0v) is 16.3. The first-order valence-corrected chi connectivity index (χ1v) is 9.55. The molecule has 11 heteroatoms. The molecular weight excluding hydrogens is 421 g/mol. The van der Waals surface area contributed by atoms with Gasteiger partial charge >= 0.3 is 16.4 Å². The molecule has 2 rings (SSSR count). The smallest absolute Gasteiger partial charge is 0.417 e. The van der Waals surface area contributed by atoms with Gasteiger partial charge in [-0.25, -0.2) is 4.72 Å². The summed E-state index contributed by atoms with van der Waals surface area (Å²) >= 11 is 5.63. The van der Waals surface area contributed by atoms with Crippen LogP contribution in [-0.2, 0) is 23.0 Å². The SMILES string of the molecule is CN(C)S(=O)(=O)NC(=O)c1ccc(COc2ccc(C(F)(F)F)c(Cl)c2)cc1. The summed E-state index contributed by atoms with van der Waals surface area (Å²) in [6.45, 7) is 0.0135. The van der Waals surface area contributed by atoms with Gasteiger partial charge in [-0.05, 0) is 35.9 Å². The Morgan fingerprint density at radius 1 is 1.14 bits per heavy atom. The highest BCUT2D eigenvalue weighted by Crippen LogP contribution is 2.36. The van der Waals surface area contributed by atoms with E-state index in [0.717, 1.165) is 22.5 Å². The average Bonchev–Trinajstić information content (AvgIpc) is 2.58. The predicted molar refractivity (Wildman–Crippen MR) is 97.3 cm³/mol. The molecule has 0 saturated carbocycles. The lowest BCUT2D eigenvalue weighted by Crippen LogP contribution is -2.39. The third kappa shape index (κ3) is 5.60. The predicted octanol–water partition coefficient (Wildman–Crippen LogP) is 3.47. The van der Waals surface area contributed by atoms with Gasteiger partial charge in [-0.15, -0.1) is 0 Å². The van der Waals surface area contributed by atoms with E-state index >= 15 is 0 Å². The fourth-order valence-electron chi connectivity index (χ4n) is 2.00. The Balaban J connectivity index is 2.02. The van der Waals surface area contributed by atoms with Crippen molar-refractivity contribution in [3.63, 3.8) is 0 Å². The van der Waals surface area contributed by atoms with Gasteiger partial charge in [-0.1, -0.05) is 23.7 Å². The number of carbonyl (C=O) groups is 1. The van der Waals surface area contributed by atoms with Crippen LogP contribution < -0.4 is 9.46 Å². The number of benzene rings is 2. The number of amides is 1. The number of nitrogens with zero attached hydrogens (tertiary/aromatic N) is 1. The zero-order valence-electron chi connectivity index (χ0n) is 14.7. The van der Waals surface area contributed by atoms with E-state index < -0.39 is 32.9 Å². The van der Waals surface area contributed by atoms with Crippen LogP contribution in [0.3, 0.4) is 0 Å². The molecule has 0 heterocycles. The van der Waals surface area contributed by atoms with Crippen molar-refractivity contribution < 1.29 is 31.1 Å². The van der Waals surface area contributed by atoms with Gasteiger partial charge in [0.15, 0.2) is 0 Å². The minimum atomic E-state index is -4.55. The van der Waals surface area contributed by atoms with Crippen LogP contribution in [0.25, 0.3) is 0 Å². The van der Waals surface area contributed by atoms with Crippen LogP contribution in [0.4, 0.5) is 13.2 Å². The Labute approximate surface area is 165 Å². The fraction of sp³-hybridized carbons (Fsp3) is 0.235. The lowest BCUT2D eigenvalue weighted by atomic mass is 10.1. The molecule has 0 saturated heterocycles. The molecule has 2 aromatic carbocycles. The summed E-state index contributed by atoms with van der Waals surface area (Å²) in [7, 11) is -1.34. The molecule has 0 fully saturated rings.